The Bertz CT molecular complexity index is 997. The highest BCUT2D eigenvalue weighted by Crippen LogP contribution is 2.27. The van der Waals surface area contributed by atoms with Gasteiger partial charge in [0.2, 0.25) is 15.9 Å². The fourth-order valence-corrected chi connectivity index (χ4v) is 6.29. The first-order valence-electron chi connectivity index (χ1n) is 9.37. The SMILES string of the molecule is O=C(C1CCCCC1)N1CCN(S(=O)(=O)c2ccc3[nH]c(=O)sc3c2)CC1. The van der Waals surface area contributed by atoms with Crippen molar-refractivity contribution in [2.75, 3.05) is 26.2 Å². The Morgan fingerprint density at radius 2 is 1.78 bits per heavy atom. The number of aromatic amines is 1. The summed E-state index contributed by atoms with van der Waals surface area (Å²) >= 11 is 1.00. The Morgan fingerprint density at radius 1 is 1.07 bits per heavy atom. The molecule has 27 heavy (non-hydrogen) atoms. The van der Waals surface area contributed by atoms with E-state index < -0.39 is 10.0 Å². The van der Waals surface area contributed by atoms with Crippen molar-refractivity contribution in [3.8, 4) is 0 Å². The highest BCUT2D eigenvalue weighted by molar-refractivity contribution is 7.89. The summed E-state index contributed by atoms with van der Waals surface area (Å²) in [4.78, 5) is 28.6. The van der Waals surface area contributed by atoms with E-state index in [-0.39, 0.29) is 21.6 Å². The van der Waals surface area contributed by atoms with E-state index in [1.165, 1.54) is 16.8 Å². The van der Waals surface area contributed by atoms with E-state index in [2.05, 4.69) is 4.98 Å². The van der Waals surface area contributed by atoms with Crippen molar-refractivity contribution in [1.82, 2.24) is 14.2 Å². The molecule has 1 amide bonds. The molecule has 2 heterocycles. The molecule has 0 unspecified atom stereocenters. The lowest BCUT2D eigenvalue weighted by Crippen LogP contribution is -2.52. The molecule has 1 aliphatic carbocycles. The number of fused-ring (bicyclic) bond motifs is 1. The van der Waals surface area contributed by atoms with Crippen molar-refractivity contribution in [2.24, 2.45) is 5.92 Å². The highest BCUT2D eigenvalue weighted by atomic mass is 32.2. The lowest BCUT2D eigenvalue weighted by molar-refractivity contribution is -0.137. The quantitative estimate of drug-likeness (QED) is 0.840. The second-order valence-electron chi connectivity index (χ2n) is 7.24. The van der Waals surface area contributed by atoms with Gasteiger partial charge in [-0.05, 0) is 31.0 Å². The van der Waals surface area contributed by atoms with Crippen LogP contribution >= 0.6 is 11.3 Å². The summed E-state index contributed by atoms with van der Waals surface area (Å²) in [5.74, 6) is 0.297. The van der Waals surface area contributed by atoms with Crippen molar-refractivity contribution >= 4 is 37.5 Å². The number of nitrogens with zero attached hydrogens (tertiary/aromatic N) is 2. The minimum absolute atomic E-state index is 0.112. The summed E-state index contributed by atoms with van der Waals surface area (Å²) in [6, 6.07) is 4.70. The lowest BCUT2D eigenvalue weighted by atomic mass is 9.88. The van der Waals surface area contributed by atoms with Crippen molar-refractivity contribution in [3.05, 3.63) is 27.9 Å². The maximum Gasteiger partial charge on any atom is 0.305 e. The Labute approximate surface area is 162 Å². The number of amides is 1. The maximum absolute atomic E-state index is 13.0. The number of benzene rings is 1. The van der Waals surface area contributed by atoms with Gasteiger partial charge in [-0.25, -0.2) is 8.42 Å². The molecule has 0 atom stereocenters. The standard InChI is InChI=1S/C18H23N3O4S2/c22-17(13-4-2-1-3-5-13)20-8-10-21(11-9-20)27(24,25)14-6-7-15-16(12-14)26-18(23)19-15/h6-7,12-13H,1-5,8-11H2,(H,19,23). The number of rotatable bonds is 3. The van der Waals surface area contributed by atoms with E-state index >= 15 is 0 Å². The molecule has 1 saturated carbocycles. The second-order valence-corrected chi connectivity index (χ2v) is 10.2. The molecule has 2 aliphatic rings. The summed E-state index contributed by atoms with van der Waals surface area (Å²) in [5.41, 5.74) is 0.645. The first kappa shape index (κ1) is 18.6. The first-order valence-corrected chi connectivity index (χ1v) is 11.6. The minimum atomic E-state index is -3.63. The number of nitrogens with one attached hydrogen (secondary N) is 1. The van der Waals surface area contributed by atoms with Gasteiger partial charge in [-0.2, -0.15) is 4.31 Å². The van der Waals surface area contributed by atoms with Gasteiger partial charge >= 0.3 is 4.87 Å². The molecule has 1 aromatic carbocycles. The fourth-order valence-electron chi connectivity index (χ4n) is 3.99. The zero-order chi connectivity index (χ0) is 19.0. The third kappa shape index (κ3) is 3.68. The van der Waals surface area contributed by atoms with E-state index in [0.29, 0.717) is 36.4 Å². The van der Waals surface area contributed by atoms with Gasteiger partial charge in [0.05, 0.1) is 15.1 Å². The molecule has 9 heteroatoms. The number of piperazine rings is 1. The van der Waals surface area contributed by atoms with E-state index in [1.54, 1.807) is 12.1 Å². The molecule has 146 valence electrons. The number of aromatic nitrogens is 1. The molecule has 1 aliphatic heterocycles. The maximum atomic E-state index is 13.0. The van der Waals surface area contributed by atoms with E-state index in [9.17, 15) is 18.0 Å². The van der Waals surface area contributed by atoms with Crippen LogP contribution in [-0.4, -0.2) is 54.7 Å². The average Bonchev–Trinajstić information content (AvgIpc) is 3.07. The third-order valence-electron chi connectivity index (χ3n) is 5.53. The van der Waals surface area contributed by atoms with Crippen LogP contribution in [0.2, 0.25) is 0 Å². The lowest BCUT2D eigenvalue weighted by Gasteiger charge is -2.36. The van der Waals surface area contributed by atoms with Crippen LogP contribution in [0.5, 0.6) is 0 Å². The number of sulfonamides is 1. The van der Waals surface area contributed by atoms with Gasteiger partial charge in [0.1, 0.15) is 0 Å². The van der Waals surface area contributed by atoms with Crippen LogP contribution in [-0.2, 0) is 14.8 Å². The van der Waals surface area contributed by atoms with Crippen LogP contribution in [0.15, 0.2) is 27.9 Å². The molecular formula is C18H23N3O4S2. The van der Waals surface area contributed by atoms with Crippen molar-refractivity contribution in [2.45, 2.75) is 37.0 Å². The largest absolute Gasteiger partial charge is 0.340 e. The zero-order valence-electron chi connectivity index (χ0n) is 15.0. The van der Waals surface area contributed by atoms with Crippen molar-refractivity contribution < 1.29 is 13.2 Å². The zero-order valence-corrected chi connectivity index (χ0v) is 16.7. The number of carbonyl (C=O) groups excluding carboxylic acids is 1. The molecule has 1 N–H and O–H groups in total. The van der Waals surface area contributed by atoms with Gasteiger partial charge in [-0.3, -0.25) is 9.59 Å². The fraction of sp³-hybridized carbons (Fsp3) is 0.556. The van der Waals surface area contributed by atoms with Crippen molar-refractivity contribution in [3.63, 3.8) is 0 Å². The van der Waals surface area contributed by atoms with Gasteiger partial charge in [0.15, 0.2) is 0 Å². The van der Waals surface area contributed by atoms with Crippen LogP contribution < -0.4 is 4.87 Å². The smallest absolute Gasteiger partial charge is 0.305 e. The van der Waals surface area contributed by atoms with Crippen LogP contribution in [0.4, 0.5) is 0 Å². The molecule has 0 spiro atoms. The monoisotopic (exact) mass is 409 g/mol. The summed E-state index contributed by atoms with van der Waals surface area (Å²) in [6.45, 7) is 1.49. The molecule has 0 bridgehead atoms. The van der Waals surface area contributed by atoms with Crippen LogP contribution in [0.25, 0.3) is 10.2 Å². The van der Waals surface area contributed by atoms with Crippen molar-refractivity contribution in [1.29, 1.82) is 0 Å². The molecule has 7 nitrogen and oxygen atoms in total. The molecule has 4 rings (SSSR count). The highest BCUT2D eigenvalue weighted by Gasteiger charge is 2.33. The van der Waals surface area contributed by atoms with Gasteiger partial charge in [0, 0.05) is 32.1 Å². The Kier molecular flexibility index (Phi) is 5.09. The summed E-state index contributed by atoms with van der Waals surface area (Å²) in [7, 11) is -3.63. The number of thiazole rings is 1. The van der Waals surface area contributed by atoms with E-state index in [1.807, 2.05) is 4.90 Å². The van der Waals surface area contributed by atoms with Gasteiger partial charge < -0.3 is 9.88 Å². The van der Waals surface area contributed by atoms with Crippen LogP contribution in [0, 0.1) is 5.92 Å². The molecule has 0 radical (unpaired) electrons. The van der Waals surface area contributed by atoms with Gasteiger partial charge in [-0.1, -0.05) is 30.6 Å². The average molecular weight is 410 g/mol. The van der Waals surface area contributed by atoms with Crippen LogP contribution in [0.1, 0.15) is 32.1 Å². The summed E-state index contributed by atoms with van der Waals surface area (Å²) < 4.78 is 28.0. The number of hydrogen-bond acceptors (Lipinski definition) is 5. The van der Waals surface area contributed by atoms with Gasteiger partial charge in [-0.15, -0.1) is 0 Å². The van der Waals surface area contributed by atoms with E-state index in [0.717, 1.165) is 37.0 Å². The Hall–Kier alpha value is -1.71. The Balaban J connectivity index is 1.45. The molecule has 2 aromatic rings. The number of hydrogen-bond donors (Lipinski definition) is 1. The predicted octanol–water partition coefficient (Wildman–Crippen LogP) is 2.00. The van der Waals surface area contributed by atoms with E-state index in [4.69, 9.17) is 0 Å². The number of H-pyrrole nitrogens is 1. The Morgan fingerprint density at radius 3 is 2.48 bits per heavy atom. The molecule has 1 aromatic heterocycles. The predicted molar refractivity (Wildman–Crippen MR) is 104 cm³/mol. The first-order chi connectivity index (χ1) is 12.9. The van der Waals surface area contributed by atoms with Gasteiger partial charge in [0.25, 0.3) is 0 Å². The normalized spacial score (nSPS) is 20.2. The minimum Gasteiger partial charge on any atom is -0.340 e. The molecule has 1 saturated heterocycles. The summed E-state index contributed by atoms with van der Waals surface area (Å²) in [5, 5.41) is 0. The topological polar surface area (TPSA) is 90.6 Å². The molecular weight excluding hydrogens is 386 g/mol. The molecule has 2 fully saturated rings. The second kappa shape index (κ2) is 7.37. The number of carbonyl (C=O) groups is 1. The van der Waals surface area contributed by atoms with Crippen LogP contribution in [0.3, 0.4) is 0 Å². The third-order valence-corrected chi connectivity index (χ3v) is 8.27. The summed E-state index contributed by atoms with van der Waals surface area (Å²) in [6.07, 6.45) is 5.33.